The summed E-state index contributed by atoms with van der Waals surface area (Å²) >= 11 is 0. The van der Waals surface area contributed by atoms with Crippen molar-refractivity contribution in [2.45, 2.75) is 0 Å². The fourth-order valence-electron chi connectivity index (χ4n) is 8.46. The second kappa shape index (κ2) is 10.9. The van der Waals surface area contributed by atoms with Crippen molar-refractivity contribution < 1.29 is 0 Å². The maximum absolute atomic E-state index is 2.43. The van der Waals surface area contributed by atoms with E-state index in [1.165, 1.54) is 99.0 Å². The highest BCUT2D eigenvalue weighted by Crippen LogP contribution is 2.48. The summed E-state index contributed by atoms with van der Waals surface area (Å²) in [6.45, 7) is 0. The van der Waals surface area contributed by atoms with E-state index in [0.29, 0.717) is 0 Å². The summed E-state index contributed by atoms with van der Waals surface area (Å²) in [6.07, 6.45) is 0. The van der Waals surface area contributed by atoms with Crippen LogP contribution in [0.4, 0.5) is 0 Å². The molecule has 1 nitrogen and oxygen atoms in total. The molecule has 1 heteroatoms. The predicted octanol–water partition coefficient (Wildman–Crippen LogP) is 13.7. The number of fused-ring (bicyclic) bond motifs is 7. The van der Waals surface area contributed by atoms with Crippen LogP contribution in [0, 0.1) is 0 Å². The van der Waals surface area contributed by atoms with Gasteiger partial charge in [-0.1, -0.05) is 133 Å². The Morgan fingerprint density at radius 2 is 0.804 bits per heavy atom. The van der Waals surface area contributed by atoms with Crippen molar-refractivity contribution in [3.63, 3.8) is 0 Å². The van der Waals surface area contributed by atoms with Crippen LogP contribution in [0.15, 0.2) is 188 Å². The van der Waals surface area contributed by atoms with Crippen LogP contribution in [-0.2, 0) is 0 Å². The molecular weight excluding hydrogens is 615 g/mol. The molecule has 11 rings (SSSR count). The van der Waals surface area contributed by atoms with E-state index in [-0.39, 0.29) is 0 Å². The lowest BCUT2D eigenvalue weighted by atomic mass is 9.95. The molecule has 1 heterocycles. The van der Waals surface area contributed by atoms with Gasteiger partial charge in [-0.2, -0.15) is 0 Å². The van der Waals surface area contributed by atoms with Gasteiger partial charge in [0.1, 0.15) is 0 Å². The van der Waals surface area contributed by atoms with Gasteiger partial charge in [0.25, 0.3) is 0 Å². The topological polar surface area (TPSA) is 4.93 Å². The average molecular weight is 646 g/mol. The predicted molar refractivity (Wildman–Crippen MR) is 217 cm³/mol. The third kappa shape index (κ3) is 4.35. The van der Waals surface area contributed by atoms with Crippen molar-refractivity contribution in [3.8, 4) is 61.3 Å². The van der Waals surface area contributed by atoms with Crippen molar-refractivity contribution in [1.82, 2.24) is 4.57 Å². The van der Waals surface area contributed by atoms with E-state index in [4.69, 9.17) is 0 Å². The zero-order valence-electron chi connectivity index (χ0n) is 27.8. The number of benzene rings is 9. The SMILES string of the molecule is c1ccc(-c2ccc3c(c2)c2cc(-c4ccccc4)ccc2n3-c2ccc3cc(-c4cc5c6c(cccc6c4)-c4ccccc4-5)ccc3c2)cc1. The van der Waals surface area contributed by atoms with E-state index < -0.39 is 0 Å². The summed E-state index contributed by atoms with van der Waals surface area (Å²) in [6, 6.07) is 69.3. The Kier molecular flexibility index (Phi) is 6.02. The lowest BCUT2D eigenvalue weighted by molar-refractivity contribution is 1.19. The van der Waals surface area contributed by atoms with Crippen molar-refractivity contribution in [2.75, 3.05) is 0 Å². The summed E-state index contributed by atoms with van der Waals surface area (Å²) in [7, 11) is 0. The van der Waals surface area contributed by atoms with Crippen LogP contribution >= 0.6 is 0 Å². The van der Waals surface area contributed by atoms with Crippen molar-refractivity contribution in [2.24, 2.45) is 0 Å². The standard InChI is InChI=1S/C50H31N/c1-3-10-32(11-4-1)37-21-24-48-45(29-37)46-30-38(33-12-5-2-6-13-33)22-25-49(46)51(48)41-23-20-34-26-35(18-19-36(34)28-41)40-27-39-14-9-17-44-42-15-7-8-16-43(42)47(31-40)50(39)44/h1-31H. The van der Waals surface area contributed by atoms with Crippen molar-refractivity contribution in [1.29, 1.82) is 0 Å². The Bertz CT molecular complexity index is 2910. The summed E-state index contributed by atoms with van der Waals surface area (Å²) in [5, 5.41) is 7.64. The molecular formula is C50H31N. The molecule has 0 saturated heterocycles. The molecule has 10 aromatic rings. The lowest BCUT2D eigenvalue weighted by Gasteiger charge is -2.12. The number of hydrogen-bond donors (Lipinski definition) is 0. The first-order chi connectivity index (χ1) is 25.3. The first-order valence-electron chi connectivity index (χ1n) is 17.7. The summed E-state index contributed by atoms with van der Waals surface area (Å²) in [5.41, 5.74) is 16.3. The number of aromatic nitrogens is 1. The first kappa shape index (κ1) is 28.2. The molecule has 9 aromatic carbocycles. The van der Waals surface area contributed by atoms with Gasteiger partial charge in [-0.15, -0.1) is 0 Å². The van der Waals surface area contributed by atoms with Gasteiger partial charge < -0.3 is 4.57 Å². The normalized spacial score (nSPS) is 11.9. The smallest absolute Gasteiger partial charge is 0.0541 e. The minimum Gasteiger partial charge on any atom is -0.309 e. The Morgan fingerprint density at radius 1 is 0.275 bits per heavy atom. The molecule has 0 spiro atoms. The monoisotopic (exact) mass is 645 g/mol. The zero-order valence-corrected chi connectivity index (χ0v) is 27.8. The van der Waals surface area contributed by atoms with Gasteiger partial charge in [-0.3, -0.25) is 0 Å². The molecule has 0 aliphatic heterocycles. The molecule has 0 radical (unpaired) electrons. The second-order valence-electron chi connectivity index (χ2n) is 13.8. The Labute approximate surface area is 296 Å². The van der Waals surface area contributed by atoms with Gasteiger partial charge in [0.15, 0.2) is 0 Å². The maximum Gasteiger partial charge on any atom is 0.0541 e. The van der Waals surface area contributed by atoms with Crippen LogP contribution in [0.2, 0.25) is 0 Å². The average Bonchev–Trinajstić information content (AvgIpc) is 3.71. The van der Waals surface area contributed by atoms with E-state index >= 15 is 0 Å². The van der Waals surface area contributed by atoms with Crippen LogP contribution in [0.5, 0.6) is 0 Å². The van der Waals surface area contributed by atoms with Crippen LogP contribution in [0.3, 0.4) is 0 Å². The molecule has 0 amide bonds. The molecule has 51 heavy (non-hydrogen) atoms. The highest BCUT2D eigenvalue weighted by atomic mass is 15.0. The minimum atomic E-state index is 1.16. The highest BCUT2D eigenvalue weighted by Gasteiger charge is 2.22. The highest BCUT2D eigenvalue weighted by molar-refractivity contribution is 6.17. The summed E-state index contributed by atoms with van der Waals surface area (Å²) < 4.78 is 2.43. The lowest BCUT2D eigenvalue weighted by Crippen LogP contribution is -1.94. The number of rotatable bonds is 4. The van der Waals surface area contributed by atoms with Gasteiger partial charge in [-0.25, -0.2) is 0 Å². The molecule has 0 bridgehead atoms. The molecule has 0 unspecified atom stereocenters. The Balaban J connectivity index is 1.06. The first-order valence-corrected chi connectivity index (χ1v) is 17.7. The fraction of sp³-hybridized carbons (Fsp3) is 0. The second-order valence-corrected chi connectivity index (χ2v) is 13.8. The van der Waals surface area contributed by atoms with Crippen molar-refractivity contribution >= 4 is 43.4 Å². The summed E-state index contributed by atoms with van der Waals surface area (Å²) in [4.78, 5) is 0. The third-order valence-electron chi connectivity index (χ3n) is 10.9. The molecule has 0 atom stereocenters. The zero-order chi connectivity index (χ0) is 33.5. The van der Waals surface area contributed by atoms with E-state index in [1.54, 1.807) is 0 Å². The number of nitrogens with zero attached hydrogens (tertiary/aromatic N) is 1. The van der Waals surface area contributed by atoms with E-state index in [0.717, 1.165) is 5.69 Å². The maximum atomic E-state index is 2.43. The van der Waals surface area contributed by atoms with Crippen LogP contribution < -0.4 is 0 Å². The molecule has 0 N–H and O–H groups in total. The molecule has 1 aromatic heterocycles. The Morgan fingerprint density at radius 3 is 1.49 bits per heavy atom. The van der Waals surface area contributed by atoms with Gasteiger partial charge >= 0.3 is 0 Å². The van der Waals surface area contributed by atoms with Gasteiger partial charge in [-0.05, 0) is 132 Å². The van der Waals surface area contributed by atoms with Crippen molar-refractivity contribution in [3.05, 3.63) is 188 Å². The molecule has 236 valence electrons. The quantitative estimate of drug-likeness (QED) is 0.179. The van der Waals surface area contributed by atoms with E-state index in [1.807, 2.05) is 0 Å². The Hall–Kier alpha value is -6.70. The van der Waals surface area contributed by atoms with Gasteiger partial charge in [0.2, 0.25) is 0 Å². The largest absolute Gasteiger partial charge is 0.309 e. The van der Waals surface area contributed by atoms with Gasteiger partial charge in [0, 0.05) is 16.5 Å². The molecule has 0 fully saturated rings. The van der Waals surface area contributed by atoms with Crippen LogP contribution in [0.1, 0.15) is 0 Å². The number of hydrogen-bond acceptors (Lipinski definition) is 0. The minimum absolute atomic E-state index is 1.16. The summed E-state index contributed by atoms with van der Waals surface area (Å²) in [5.74, 6) is 0. The third-order valence-corrected chi connectivity index (χ3v) is 10.9. The van der Waals surface area contributed by atoms with Crippen LogP contribution in [0.25, 0.3) is 105 Å². The fourth-order valence-corrected chi connectivity index (χ4v) is 8.46. The molecule has 1 aliphatic rings. The van der Waals surface area contributed by atoms with Crippen LogP contribution in [-0.4, -0.2) is 4.57 Å². The van der Waals surface area contributed by atoms with E-state index in [9.17, 15) is 0 Å². The van der Waals surface area contributed by atoms with E-state index in [2.05, 4.69) is 193 Å². The molecule has 0 saturated carbocycles. The molecule has 1 aliphatic carbocycles. The van der Waals surface area contributed by atoms with Gasteiger partial charge in [0.05, 0.1) is 11.0 Å².